The summed E-state index contributed by atoms with van der Waals surface area (Å²) < 4.78 is 35.0. The average molecular weight is 1850 g/mol. The summed E-state index contributed by atoms with van der Waals surface area (Å²) in [4.78, 5) is 110. The van der Waals surface area contributed by atoms with Gasteiger partial charge in [-0.25, -0.2) is 4.79 Å². The average Bonchev–Trinajstić information content (AvgIpc) is 1.63. The number of ether oxygens (including phenoxy) is 6. The van der Waals surface area contributed by atoms with Crippen molar-refractivity contribution in [1.29, 1.82) is 0 Å². The number of rotatable bonds is 46. The fourth-order valence-electron chi connectivity index (χ4n) is 17.2. The van der Waals surface area contributed by atoms with Crippen LogP contribution in [0.1, 0.15) is 154 Å². The lowest BCUT2D eigenvalue weighted by Crippen LogP contribution is -2.56. The van der Waals surface area contributed by atoms with Crippen molar-refractivity contribution >= 4 is 111 Å². The molecule has 125 heavy (non-hydrogen) atoms. The number of fused-ring (bicyclic) bond motifs is 6. The molecule has 6 aromatic carbocycles. The van der Waals surface area contributed by atoms with Crippen LogP contribution in [0.25, 0.3) is 0 Å². The predicted octanol–water partition coefficient (Wildman–Crippen LogP) is 8.21. The maximum absolute atomic E-state index is 14.4. The molecule has 0 radical (unpaired) electrons. The number of aliphatic hydroxyl groups is 5. The van der Waals surface area contributed by atoms with Crippen LogP contribution in [0, 0.1) is 0 Å². The van der Waals surface area contributed by atoms with E-state index in [2.05, 4.69) is 54.2 Å². The van der Waals surface area contributed by atoms with Gasteiger partial charge >= 0.3 is 6.03 Å². The standard InChI is InChI=1S/C90H113Cl6N11O18/c1-101-47-70(67-38-61(91)41-76(94)73(67)50-101)55-5-8-58-44-105(86(116)64(58)35-55)20-26-123-32-29-120-23-17-97-81(111)11-14-90(100-89(119)104(4)53-79(109)84(114)85(115)80(110)54-108,15-12-82(112)98-18-24-121-30-33-124-27-21-106-45-59-9-6-56(36-65(59)87(106)117)71-48-102(2)51-74-68(71)39-62(92)42-77(74)95)16-13-83(113)99-19-25-122-31-34-125-28-22-107-46-60-10-7-57(37-66(60)88(107)118)72-49-103(3)52-75-69(72)40-63(93)43-78(75)96/h5-10,35-43,70-72,79-80,84-85,108-110,114-115H,11-34,44-54H2,1-4H3,(H,97,111)(H,98,112)(H,99,113)(H,100,119)/t70?,71?,72?,79-,80+,84+,85+,90?/m0/s1. The topological polar surface area (TPSA) is 347 Å². The molecule has 7 atom stereocenters. The highest BCUT2D eigenvalue weighted by Crippen LogP contribution is 2.44. The number of hydrogen-bond acceptors (Lipinski definition) is 21. The van der Waals surface area contributed by atoms with Crippen LogP contribution in [0.5, 0.6) is 0 Å². The Morgan fingerprint density at radius 2 is 0.736 bits per heavy atom. The van der Waals surface area contributed by atoms with Gasteiger partial charge in [-0.15, -0.1) is 0 Å². The number of benzene rings is 6. The fourth-order valence-corrected chi connectivity index (χ4v) is 18.9. The van der Waals surface area contributed by atoms with Crippen LogP contribution in [0.15, 0.2) is 91.0 Å². The molecule has 12 rings (SSSR count). The summed E-state index contributed by atoms with van der Waals surface area (Å²) in [5.74, 6) is -1.68. The van der Waals surface area contributed by atoms with Gasteiger partial charge in [-0.05, 0) is 162 Å². The van der Waals surface area contributed by atoms with Gasteiger partial charge in [0.15, 0.2) is 0 Å². The molecule has 6 aliphatic rings. The van der Waals surface area contributed by atoms with Gasteiger partial charge in [0.05, 0.1) is 92.4 Å². The van der Waals surface area contributed by atoms with Gasteiger partial charge in [-0.3, -0.25) is 28.8 Å². The van der Waals surface area contributed by atoms with Crippen LogP contribution in [0.2, 0.25) is 30.1 Å². The summed E-state index contributed by atoms with van der Waals surface area (Å²) in [5.41, 5.74) is 12.5. The van der Waals surface area contributed by atoms with Gasteiger partial charge in [0, 0.05) is 195 Å². The van der Waals surface area contributed by atoms with Gasteiger partial charge in [-0.2, -0.15) is 0 Å². The molecule has 0 aromatic heterocycles. The maximum Gasteiger partial charge on any atom is 0.317 e. The Hall–Kier alpha value is -7.41. The molecule has 9 N–H and O–H groups in total. The molecule has 3 unspecified atom stereocenters. The van der Waals surface area contributed by atoms with Crippen molar-refractivity contribution in [2.75, 3.05) is 180 Å². The molecule has 0 saturated heterocycles. The third-order valence-corrected chi connectivity index (χ3v) is 25.7. The molecule has 678 valence electrons. The number of nitrogens with one attached hydrogen (secondary N) is 4. The summed E-state index contributed by atoms with van der Waals surface area (Å²) >= 11 is 39.3. The number of nitrogens with zero attached hydrogens (tertiary/aromatic N) is 7. The number of halogens is 6. The summed E-state index contributed by atoms with van der Waals surface area (Å²) in [6, 6.07) is 28.4. The lowest BCUT2D eigenvalue weighted by molar-refractivity contribution is -0.121. The van der Waals surface area contributed by atoms with Crippen molar-refractivity contribution in [3.63, 3.8) is 0 Å². The highest BCUT2D eigenvalue weighted by atomic mass is 35.5. The van der Waals surface area contributed by atoms with E-state index in [1.165, 1.54) is 7.05 Å². The van der Waals surface area contributed by atoms with Gasteiger partial charge < -0.3 is 110 Å². The van der Waals surface area contributed by atoms with Crippen molar-refractivity contribution in [1.82, 2.24) is 55.6 Å². The van der Waals surface area contributed by atoms with Crippen molar-refractivity contribution in [2.24, 2.45) is 0 Å². The van der Waals surface area contributed by atoms with Crippen LogP contribution >= 0.6 is 69.6 Å². The number of aliphatic hydroxyl groups excluding tert-OH is 5. The zero-order valence-electron chi connectivity index (χ0n) is 70.9. The Kier molecular flexibility index (Phi) is 35.4. The normalized spacial score (nSPS) is 18.3. The third-order valence-electron chi connectivity index (χ3n) is 24.1. The fraction of sp³-hybridized carbons (Fsp3) is 0.522. The predicted molar refractivity (Wildman–Crippen MR) is 474 cm³/mol. The highest BCUT2D eigenvalue weighted by Gasteiger charge is 2.40. The number of urea groups is 1. The first kappa shape index (κ1) is 96.7. The van der Waals surface area contributed by atoms with Crippen LogP contribution in [0.4, 0.5) is 4.79 Å². The van der Waals surface area contributed by atoms with Gasteiger partial charge in [-0.1, -0.05) is 106 Å². The first-order chi connectivity index (χ1) is 60.0. The number of carbonyl (C=O) groups excluding carboxylic acids is 7. The quantitative estimate of drug-likeness (QED) is 0.0162. The van der Waals surface area contributed by atoms with E-state index in [1.54, 1.807) is 32.9 Å². The molecule has 29 nitrogen and oxygen atoms in total. The molecule has 0 saturated carbocycles. The number of carbonyl (C=O) groups is 7. The molecule has 6 aromatic rings. The largest absolute Gasteiger partial charge is 0.394 e. The molecule has 6 heterocycles. The molecule has 6 aliphatic heterocycles. The summed E-state index contributed by atoms with van der Waals surface area (Å²) in [7, 11) is 7.40. The van der Waals surface area contributed by atoms with E-state index in [0.29, 0.717) is 106 Å². The number of hydrogen-bond donors (Lipinski definition) is 9. The zero-order valence-corrected chi connectivity index (χ0v) is 75.4. The monoisotopic (exact) mass is 1850 g/mol. The van der Waals surface area contributed by atoms with Crippen LogP contribution in [-0.4, -0.2) is 311 Å². The van der Waals surface area contributed by atoms with E-state index in [-0.39, 0.29) is 173 Å². The van der Waals surface area contributed by atoms with Crippen molar-refractivity contribution in [2.45, 2.75) is 126 Å². The summed E-state index contributed by atoms with van der Waals surface area (Å²) in [6.45, 7) is 7.57. The lowest BCUT2D eigenvalue weighted by Gasteiger charge is -2.37. The van der Waals surface area contributed by atoms with Crippen LogP contribution in [0.3, 0.4) is 0 Å². The molecule has 0 bridgehead atoms. The van der Waals surface area contributed by atoms with Crippen molar-refractivity contribution < 1.29 is 87.5 Å². The first-order valence-electron chi connectivity index (χ1n) is 42.4. The first-order valence-corrected chi connectivity index (χ1v) is 44.7. The van der Waals surface area contributed by atoms with E-state index in [1.807, 2.05) is 75.7 Å². The molecular weight excluding hydrogens is 1740 g/mol. The molecular formula is C90H113Cl6N11O18. The Labute approximate surface area is 759 Å². The number of likely N-dealkylation sites (N-methyl/N-ethyl adjacent to an activating group) is 4. The summed E-state index contributed by atoms with van der Waals surface area (Å²) in [6.07, 6.45) is -8.67. The van der Waals surface area contributed by atoms with E-state index < -0.39 is 66.9 Å². The van der Waals surface area contributed by atoms with E-state index in [9.17, 15) is 59.1 Å². The summed E-state index contributed by atoms with van der Waals surface area (Å²) in [5, 5.41) is 66.5. The maximum atomic E-state index is 14.4. The molecule has 8 amide bonds. The minimum Gasteiger partial charge on any atom is -0.394 e. The van der Waals surface area contributed by atoms with Gasteiger partial charge in [0.25, 0.3) is 17.7 Å². The third kappa shape index (κ3) is 25.6. The smallest absolute Gasteiger partial charge is 0.317 e. The second-order valence-corrected chi connectivity index (χ2v) is 35.7. The van der Waals surface area contributed by atoms with Gasteiger partial charge in [0.1, 0.15) is 24.4 Å². The molecule has 35 heteroatoms. The van der Waals surface area contributed by atoms with E-state index in [4.69, 9.17) is 98.0 Å². The molecule has 0 spiro atoms. The molecule has 0 fully saturated rings. The second kappa shape index (κ2) is 45.7. The molecule has 0 aliphatic carbocycles. The highest BCUT2D eigenvalue weighted by molar-refractivity contribution is 6.36. The van der Waals surface area contributed by atoms with Crippen LogP contribution in [-0.2, 0) is 82.1 Å². The Morgan fingerprint density at radius 1 is 0.432 bits per heavy atom. The SMILES string of the molecule is CN1Cc2c(Cl)cc(Cl)cc2C(c2ccc3c(c2)C(=O)N(CCOCCOCCNC(=O)CCC(CCC(=O)NCCOCCOCCN2Cc4ccc(C5CN(C)Cc6c(Cl)cc(Cl)cc65)cc4C2=O)(CCC(=O)NCCOCCOCCN2Cc4ccc(C5CN(C)Cc6c(Cl)cc(Cl)cc65)cc4C2=O)NC(=O)N(C)C[C@H](O)[C@@H](O)[C@H](O)[C@H](O)CO)C3)C1. The van der Waals surface area contributed by atoms with Crippen molar-refractivity contribution in [3.8, 4) is 0 Å². The Bertz CT molecular complexity index is 4380. The zero-order chi connectivity index (χ0) is 89.2. The second-order valence-electron chi connectivity index (χ2n) is 33.2. The van der Waals surface area contributed by atoms with Gasteiger partial charge in [0.2, 0.25) is 17.7 Å². The van der Waals surface area contributed by atoms with E-state index >= 15 is 0 Å². The minimum absolute atomic E-state index is 0.0233. The minimum atomic E-state index is -2.01. The Balaban J connectivity index is 0.605. The van der Waals surface area contributed by atoms with E-state index in [0.717, 1.165) is 91.3 Å². The van der Waals surface area contributed by atoms with Crippen LogP contribution < -0.4 is 21.3 Å². The lowest BCUT2D eigenvalue weighted by atomic mass is 9.83. The van der Waals surface area contributed by atoms with Crippen molar-refractivity contribution in [3.05, 3.63) is 205 Å². The number of amides is 8. The Morgan fingerprint density at radius 3 is 1.05 bits per heavy atom.